The first-order chi connectivity index (χ1) is 15.6. The molecule has 7 nitrogen and oxygen atoms in total. The lowest BCUT2D eigenvalue weighted by molar-refractivity contribution is 0.0638. The molecule has 1 aromatic heterocycles. The molecule has 0 atom stereocenters. The molecule has 0 spiro atoms. The number of rotatable bonds is 5. The van der Waals surface area contributed by atoms with Crippen LogP contribution < -0.4 is 0 Å². The maximum Gasteiger partial charge on any atom is 0.261 e. The number of benzene rings is 2. The van der Waals surface area contributed by atoms with Gasteiger partial charge < -0.3 is 14.6 Å². The maximum atomic E-state index is 13.3. The van der Waals surface area contributed by atoms with Gasteiger partial charge in [-0.05, 0) is 42.7 Å². The number of nitrogens with zero attached hydrogens (tertiary/aromatic N) is 2. The van der Waals surface area contributed by atoms with E-state index in [9.17, 15) is 14.4 Å². The molecule has 1 N–H and O–H groups in total. The van der Waals surface area contributed by atoms with E-state index in [1.165, 1.54) is 21.5 Å². The van der Waals surface area contributed by atoms with Crippen molar-refractivity contribution in [2.45, 2.75) is 19.3 Å². The van der Waals surface area contributed by atoms with Crippen molar-refractivity contribution in [3.63, 3.8) is 0 Å². The van der Waals surface area contributed by atoms with Crippen LogP contribution >= 0.6 is 0 Å². The first-order valence-corrected chi connectivity index (χ1v) is 11.0. The van der Waals surface area contributed by atoms with Crippen LogP contribution in [0.15, 0.2) is 42.5 Å². The number of nitrogens with one attached hydrogen (secondary N) is 1. The third-order valence-corrected chi connectivity index (χ3v) is 6.40. The van der Waals surface area contributed by atoms with Gasteiger partial charge in [0.25, 0.3) is 17.7 Å². The summed E-state index contributed by atoms with van der Waals surface area (Å²) in [6.07, 6.45) is 2.11. The summed E-state index contributed by atoms with van der Waals surface area (Å²) in [7, 11) is 1.59. The summed E-state index contributed by atoms with van der Waals surface area (Å²) < 4.78 is 5.02. The smallest absolute Gasteiger partial charge is 0.261 e. The maximum absolute atomic E-state index is 13.3. The van der Waals surface area contributed by atoms with E-state index >= 15 is 0 Å². The van der Waals surface area contributed by atoms with Crippen molar-refractivity contribution in [3.05, 3.63) is 70.4 Å². The number of carbonyl (C=O) groups excluding carboxylic acids is 3. The van der Waals surface area contributed by atoms with Gasteiger partial charge in [0, 0.05) is 61.9 Å². The highest BCUT2D eigenvalue weighted by molar-refractivity contribution is 6.22. The zero-order chi connectivity index (χ0) is 22.2. The average Bonchev–Trinajstić information content (AvgIpc) is 3.18. The normalized spacial score (nSPS) is 15.8. The molecule has 0 saturated heterocycles. The lowest BCUT2D eigenvalue weighted by Gasteiger charge is -2.20. The molecular weight excluding hydrogens is 406 g/mol. The van der Waals surface area contributed by atoms with Crippen molar-refractivity contribution in [2.75, 3.05) is 33.4 Å². The van der Waals surface area contributed by atoms with Crippen LogP contribution in [-0.2, 0) is 17.6 Å². The Kier molecular flexibility index (Phi) is 5.27. The van der Waals surface area contributed by atoms with E-state index in [1.807, 2.05) is 17.0 Å². The summed E-state index contributed by atoms with van der Waals surface area (Å²) >= 11 is 0. The highest BCUT2D eigenvalue weighted by Crippen LogP contribution is 2.28. The molecule has 7 heteroatoms. The summed E-state index contributed by atoms with van der Waals surface area (Å²) in [6, 6.07) is 13.1. The fourth-order valence-corrected chi connectivity index (χ4v) is 4.74. The Morgan fingerprint density at radius 3 is 2.66 bits per heavy atom. The first-order valence-electron chi connectivity index (χ1n) is 11.0. The first kappa shape index (κ1) is 20.5. The number of carbonyl (C=O) groups is 3. The van der Waals surface area contributed by atoms with Gasteiger partial charge >= 0.3 is 0 Å². The predicted molar refractivity (Wildman–Crippen MR) is 120 cm³/mol. The fourth-order valence-electron chi connectivity index (χ4n) is 4.74. The molecule has 3 aromatic rings. The minimum absolute atomic E-state index is 0.111. The largest absolute Gasteiger partial charge is 0.385 e. The third kappa shape index (κ3) is 3.39. The van der Waals surface area contributed by atoms with Crippen molar-refractivity contribution in [1.82, 2.24) is 14.8 Å². The molecule has 0 aliphatic carbocycles. The number of methoxy groups -OCH3 is 1. The van der Waals surface area contributed by atoms with Gasteiger partial charge in [-0.15, -0.1) is 0 Å². The van der Waals surface area contributed by atoms with Crippen LogP contribution in [0.3, 0.4) is 0 Å². The van der Waals surface area contributed by atoms with Gasteiger partial charge in [0.15, 0.2) is 0 Å². The van der Waals surface area contributed by atoms with Gasteiger partial charge in [0.05, 0.1) is 11.1 Å². The highest BCUT2D eigenvalue weighted by atomic mass is 16.5. The highest BCUT2D eigenvalue weighted by Gasteiger charge is 2.36. The van der Waals surface area contributed by atoms with E-state index in [2.05, 4.69) is 17.1 Å². The third-order valence-electron chi connectivity index (χ3n) is 6.40. The molecule has 2 aliphatic heterocycles. The number of H-pyrrole nitrogens is 1. The molecule has 2 aliphatic rings. The second-order valence-electron chi connectivity index (χ2n) is 8.29. The van der Waals surface area contributed by atoms with Gasteiger partial charge in [0.1, 0.15) is 0 Å². The number of amides is 3. The van der Waals surface area contributed by atoms with E-state index in [4.69, 9.17) is 4.74 Å². The van der Waals surface area contributed by atoms with E-state index in [-0.39, 0.29) is 17.7 Å². The standard InChI is InChI=1S/C25H25N3O4/c1-32-14-4-11-28-24(30)19-8-7-16(15-20(19)25(28)31)23(29)27-12-9-18-17-5-2-3-6-21(17)26-22(18)10-13-27/h2-3,5-8,15,26H,4,9-14H2,1H3. The van der Waals surface area contributed by atoms with Crippen molar-refractivity contribution in [1.29, 1.82) is 0 Å². The van der Waals surface area contributed by atoms with Crippen LogP contribution in [0.25, 0.3) is 10.9 Å². The number of imide groups is 1. The van der Waals surface area contributed by atoms with Crippen molar-refractivity contribution in [3.8, 4) is 0 Å². The number of aromatic amines is 1. The Bertz CT molecular complexity index is 1230. The second-order valence-corrected chi connectivity index (χ2v) is 8.29. The van der Waals surface area contributed by atoms with Crippen LogP contribution in [0.5, 0.6) is 0 Å². The van der Waals surface area contributed by atoms with Gasteiger partial charge in [-0.1, -0.05) is 18.2 Å². The van der Waals surface area contributed by atoms with Gasteiger partial charge in [0.2, 0.25) is 0 Å². The molecule has 0 unspecified atom stereocenters. The van der Waals surface area contributed by atoms with Gasteiger partial charge in [-0.2, -0.15) is 0 Å². The van der Waals surface area contributed by atoms with Crippen LogP contribution in [0, 0.1) is 0 Å². The van der Waals surface area contributed by atoms with Gasteiger partial charge in [-0.3, -0.25) is 19.3 Å². The Balaban J connectivity index is 1.34. The molecule has 3 amide bonds. The molecule has 32 heavy (non-hydrogen) atoms. The molecular formula is C25H25N3O4. The summed E-state index contributed by atoms with van der Waals surface area (Å²) in [5.74, 6) is -0.756. The number of ether oxygens (including phenoxy) is 1. The monoisotopic (exact) mass is 431 g/mol. The summed E-state index contributed by atoms with van der Waals surface area (Å²) in [6.45, 7) is 2.00. The minimum atomic E-state index is -0.340. The van der Waals surface area contributed by atoms with Crippen LogP contribution in [-0.4, -0.2) is 65.9 Å². The Morgan fingerprint density at radius 2 is 1.81 bits per heavy atom. The lowest BCUT2D eigenvalue weighted by Crippen LogP contribution is -2.33. The zero-order valence-corrected chi connectivity index (χ0v) is 18.0. The van der Waals surface area contributed by atoms with E-state index < -0.39 is 0 Å². The SMILES string of the molecule is COCCCN1C(=O)c2ccc(C(=O)N3CCc4[nH]c5ccccc5c4CC3)cc2C1=O. The van der Waals surface area contributed by atoms with Crippen molar-refractivity contribution >= 4 is 28.6 Å². The second kappa shape index (κ2) is 8.24. The Hall–Kier alpha value is -3.45. The summed E-state index contributed by atoms with van der Waals surface area (Å²) in [5.41, 5.74) is 4.71. The van der Waals surface area contributed by atoms with Crippen molar-refractivity contribution < 1.29 is 19.1 Å². The average molecular weight is 431 g/mol. The van der Waals surface area contributed by atoms with E-state index in [0.29, 0.717) is 49.4 Å². The summed E-state index contributed by atoms with van der Waals surface area (Å²) in [5, 5.41) is 1.21. The van der Waals surface area contributed by atoms with Crippen LogP contribution in [0.4, 0.5) is 0 Å². The molecule has 164 valence electrons. The molecule has 0 fully saturated rings. The molecule has 0 bridgehead atoms. The zero-order valence-electron chi connectivity index (χ0n) is 18.0. The lowest BCUT2D eigenvalue weighted by atomic mass is 10.0. The van der Waals surface area contributed by atoms with E-state index in [1.54, 1.807) is 25.3 Å². The van der Waals surface area contributed by atoms with Crippen LogP contribution in [0.2, 0.25) is 0 Å². The number of para-hydroxylation sites is 1. The van der Waals surface area contributed by atoms with Gasteiger partial charge in [-0.25, -0.2) is 0 Å². The Labute approximate surface area is 185 Å². The number of hydrogen-bond donors (Lipinski definition) is 1. The molecule has 0 saturated carbocycles. The fraction of sp³-hybridized carbons (Fsp3) is 0.320. The Morgan fingerprint density at radius 1 is 1.03 bits per heavy atom. The molecule has 3 heterocycles. The topological polar surface area (TPSA) is 82.7 Å². The summed E-state index contributed by atoms with van der Waals surface area (Å²) in [4.78, 5) is 45.2. The number of hydrogen-bond acceptors (Lipinski definition) is 4. The minimum Gasteiger partial charge on any atom is -0.385 e. The number of fused-ring (bicyclic) bond motifs is 4. The molecule has 5 rings (SSSR count). The van der Waals surface area contributed by atoms with E-state index in [0.717, 1.165) is 18.4 Å². The predicted octanol–water partition coefficient (Wildman–Crippen LogP) is 3.04. The molecule has 0 radical (unpaired) electrons. The van der Waals surface area contributed by atoms with Crippen molar-refractivity contribution in [2.24, 2.45) is 0 Å². The molecule has 2 aromatic carbocycles. The quantitative estimate of drug-likeness (QED) is 0.497. The van der Waals surface area contributed by atoms with Crippen LogP contribution in [0.1, 0.15) is 48.8 Å². The number of aromatic nitrogens is 1.